The van der Waals surface area contributed by atoms with Crippen LogP contribution in [0.15, 0.2) is 47.8 Å². The fourth-order valence-electron chi connectivity index (χ4n) is 3.16. The van der Waals surface area contributed by atoms with Gasteiger partial charge in [0.05, 0.1) is 35.3 Å². The molecule has 0 aliphatic carbocycles. The number of rotatable bonds is 7. The highest BCUT2D eigenvalue weighted by Gasteiger charge is 2.19. The second kappa shape index (κ2) is 9.05. The van der Waals surface area contributed by atoms with Crippen LogP contribution in [0.3, 0.4) is 0 Å². The molecule has 2 aromatic carbocycles. The average molecular weight is 508 g/mol. The van der Waals surface area contributed by atoms with Gasteiger partial charge in [-0.3, -0.25) is 0 Å². The molecule has 0 fully saturated rings. The van der Waals surface area contributed by atoms with Crippen molar-refractivity contribution < 1.29 is 17.9 Å². The van der Waals surface area contributed by atoms with Crippen molar-refractivity contribution >= 4 is 49.9 Å². The predicted octanol–water partition coefficient (Wildman–Crippen LogP) is 4.16. The second-order valence-corrected chi connectivity index (χ2v) is 9.74. The third-order valence-corrected chi connectivity index (χ3v) is 6.46. The molecule has 12 heteroatoms. The Kier molecular flexibility index (Phi) is 6.33. The summed E-state index contributed by atoms with van der Waals surface area (Å²) < 4.78 is 36.5. The zero-order valence-corrected chi connectivity index (χ0v) is 20.2. The Bertz CT molecular complexity index is 1460. The summed E-state index contributed by atoms with van der Waals surface area (Å²) in [7, 11) is -0.564. The molecule has 0 spiro atoms. The number of hydrogen-bond acceptors (Lipinski definition) is 8. The Labute approximate surface area is 200 Å². The van der Waals surface area contributed by atoms with E-state index in [9.17, 15) is 8.42 Å². The molecule has 0 radical (unpaired) electrons. The summed E-state index contributed by atoms with van der Waals surface area (Å²) in [6, 6.07) is 10.5. The van der Waals surface area contributed by atoms with Crippen LogP contribution in [-0.4, -0.2) is 48.6 Å². The summed E-state index contributed by atoms with van der Waals surface area (Å²) in [5, 5.41) is 8.41. The van der Waals surface area contributed by atoms with Gasteiger partial charge in [0, 0.05) is 30.6 Å². The maximum Gasteiger partial charge on any atom is 0.250 e. The maximum absolute atomic E-state index is 12.2. The van der Waals surface area contributed by atoms with Crippen LogP contribution >= 0.6 is 23.2 Å². The molecule has 0 amide bonds. The third-order valence-electron chi connectivity index (χ3n) is 4.81. The van der Waals surface area contributed by atoms with Gasteiger partial charge < -0.3 is 14.8 Å². The van der Waals surface area contributed by atoms with Crippen LogP contribution in [0.5, 0.6) is 11.5 Å². The van der Waals surface area contributed by atoms with Gasteiger partial charge in [0.1, 0.15) is 17.3 Å². The van der Waals surface area contributed by atoms with Crippen molar-refractivity contribution in [1.29, 1.82) is 0 Å². The number of methoxy groups -OCH3 is 2. The van der Waals surface area contributed by atoms with Crippen molar-refractivity contribution in [2.24, 2.45) is 0 Å². The van der Waals surface area contributed by atoms with E-state index in [0.29, 0.717) is 45.0 Å². The van der Waals surface area contributed by atoms with Gasteiger partial charge in [-0.1, -0.05) is 29.3 Å². The number of fused-ring (bicyclic) bond motifs is 1. The molecule has 0 aliphatic rings. The first kappa shape index (κ1) is 23.1. The minimum atomic E-state index is -3.69. The maximum atomic E-state index is 12.2. The van der Waals surface area contributed by atoms with E-state index >= 15 is 0 Å². The van der Waals surface area contributed by atoms with Gasteiger partial charge in [-0.05, 0) is 24.3 Å². The summed E-state index contributed by atoms with van der Waals surface area (Å²) in [5.74, 6) is 1.55. The smallest absolute Gasteiger partial charge is 0.250 e. The Hall–Kier alpha value is -3.08. The first-order valence-electron chi connectivity index (χ1n) is 9.58. The minimum absolute atomic E-state index is 0.186. The van der Waals surface area contributed by atoms with Gasteiger partial charge in [-0.25, -0.2) is 18.1 Å². The van der Waals surface area contributed by atoms with Crippen LogP contribution in [-0.2, 0) is 16.4 Å². The lowest BCUT2D eigenvalue weighted by atomic mass is 10.2. The van der Waals surface area contributed by atoms with E-state index in [1.807, 2.05) is 6.07 Å². The molecule has 2 aromatic heterocycles. The number of halogens is 2. The van der Waals surface area contributed by atoms with Crippen LogP contribution < -0.4 is 14.8 Å². The molecule has 4 rings (SSSR count). The summed E-state index contributed by atoms with van der Waals surface area (Å²) in [6.07, 6.45) is 2.70. The number of ether oxygens (including phenoxy) is 2. The molecule has 2 heterocycles. The number of benzene rings is 2. The fourth-order valence-corrected chi connectivity index (χ4v) is 4.05. The summed E-state index contributed by atoms with van der Waals surface area (Å²) in [6.45, 7) is 0.297. The Morgan fingerprint density at radius 1 is 1.09 bits per heavy atom. The molecular weight excluding hydrogens is 489 g/mol. The highest BCUT2D eigenvalue weighted by Crippen LogP contribution is 2.31. The normalized spacial score (nSPS) is 11.5. The summed E-state index contributed by atoms with van der Waals surface area (Å²) in [4.78, 5) is 8.36. The lowest BCUT2D eigenvalue weighted by Gasteiger charge is -2.12. The van der Waals surface area contributed by atoms with Gasteiger partial charge in [0.25, 0.3) is 5.16 Å². The molecular formula is C21H19Cl2N5O4S. The van der Waals surface area contributed by atoms with Crippen molar-refractivity contribution in [3.63, 3.8) is 0 Å². The lowest BCUT2D eigenvalue weighted by molar-refractivity contribution is 0.391. The number of hydrogen-bond donors (Lipinski definition) is 1. The van der Waals surface area contributed by atoms with Gasteiger partial charge in [0.15, 0.2) is 5.65 Å². The standard InChI is InChI=1S/C21H19Cl2N5O4S/c1-31-13-8-7-12(17(9-13)32-2)10-24-19-14-11-28(16-6-4-5-15(22)18(16)23)27-20(14)26-21(25-19)33(3,29)30/h4-9,11H,10H2,1-3H3,(H,24,25,26,27). The highest BCUT2D eigenvalue weighted by molar-refractivity contribution is 7.90. The number of anilines is 1. The summed E-state index contributed by atoms with van der Waals surface area (Å²) >= 11 is 12.5. The van der Waals surface area contributed by atoms with E-state index in [1.165, 1.54) is 4.68 Å². The summed E-state index contributed by atoms with van der Waals surface area (Å²) in [5.41, 5.74) is 1.52. The predicted molar refractivity (Wildman–Crippen MR) is 127 cm³/mol. The van der Waals surface area contributed by atoms with Gasteiger partial charge >= 0.3 is 0 Å². The molecule has 4 aromatic rings. The molecule has 0 aliphatic heterocycles. The van der Waals surface area contributed by atoms with Crippen LogP contribution in [0.1, 0.15) is 5.56 Å². The van der Waals surface area contributed by atoms with Crippen molar-refractivity contribution in [2.75, 3.05) is 25.8 Å². The second-order valence-electron chi connectivity index (χ2n) is 7.04. The van der Waals surface area contributed by atoms with Crippen molar-refractivity contribution in [1.82, 2.24) is 19.7 Å². The number of nitrogens with zero attached hydrogens (tertiary/aromatic N) is 4. The Balaban J connectivity index is 1.79. The van der Waals surface area contributed by atoms with Crippen LogP contribution in [0.2, 0.25) is 10.0 Å². The van der Waals surface area contributed by atoms with E-state index in [2.05, 4.69) is 20.4 Å². The average Bonchev–Trinajstić information content (AvgIpc) is 3.22. The van der Waals surface area contributed by atoms with Crippen molar-refractivity contribution in [3.05, 3.63) is 58.2 Å². The van der Waals surface area contributed by atoms with E-state index in [-0.39, 0.29) is 10.8 Å². The van der Waals surface area contributed by atoms with Crippen LogP contribution in [0, 0.1) is 0 Å². The Morgan fingerprint density at radius 3 is 2.58 bits per heavy atom. The van der Waals surface area contributed by atoms with Crippen LogP contribution in [0.4, 0.5) is 5.82 Å². The molecule has 0 saturated heterocycles. The molecule has 0 atom stereocenters. The van der Waals surface area contributed by atoms with E-state index in [0.717, 1.165) is 11.8 Å². The van der Waals surface area contributed by atoms with E-state index < -0.39 is 9.84 Å². The third kappa shape index (κ3) is 4.68. The fraction of sp³-hybridized carbons (Fsp3) is 0.190. The number of nitrogens with one attached hydrogen (secondary N) is 1. The molecule has 172 valence electrons. The first-order valence-corrected chi connectivity index (χ1v) is 12.2. The molecule has 0 unspecified atom stereocenters. The first-order chi connectivity index (χ1) is 15.7. The molecule has 1 N–H and O–H groups in total. The minimum Gasteiger partial charge on any atom is -0.497 e. The quantitative estimate of drug-likeness (QED) is 0.371. The van der Waals surface area contributed by atoms with E-state index in [4.69, 9.17) is 32.7 Å². The molecule has 33 heavy (non-hydrogen) atoms. The molecule has 9 nitrogen and oxygen atoms in total. The topological polar surface area (TPSA) is 108 Å². The Morgan fingerprint density at radius 2 is 1.88 bits per heavy atom. The van der Waals surface area contributed by atoms with Crippen molar-refractivity contribution in [3.8, 4) is 17.2 Å². The monoisotopic (exact) mass is 507 g/mol. The highest BCUT2D eigenvalue weighted by atomic mass is 35.5. The van der Waals surface area contributed by atoms with Gasteiger partial charge in [-0.2, -0.15) is 4.98 Å². The SMILES string of the molecule is COc1ccc(CNc2nc(S(C)(=O)=O)nc3nn(-c4cccc(Cl)c4Cl)cc23)c(OC)c1. The zero-order chi connectivity index (χ0) is 23.8. The molecule has 0 saturated carbocycles. The van der Waals surface area contributed by atoms with Gasteiger partial charge in [0.2, 0.25) is 9.84 Å². The van der Waals surface area contributed by atoms with Gasteiger partial charge in [-0.15, -0.1) is 5.10 Å². The lowest BCUT2D eigenvalue weighted by Crippen LogP contribution is -2.09. The largest absolute Gasteiger partial charge is 0.497 e. The van der Waals surface area contributed by atoms with Crippen molar-refractivity contribution in [2.45, 2.75) is 11.7 Å². The van der Waals surface area contributed by atoms with E-state index in [1.54, 1.807) is 50.7 Å². The number of sulfone groups is 1. The molecule has 0 bridgehead atoms. The van der Waals surface area contributed by atoms with Crippen LogP contribution in [0.25, 0.3) is 16.7 Å². The number of aromatic nitrogens is 4. The zero-order valence-electron chi connectivity index (χ0n) is 17.8.